The van der Waals surface area contributed by atoms with E-state index >= 15 is 0 Å². The summed E-state index contributed by atoms with van der Waals surface area (Å²) in [4.78, 5) is 22.9. The van der Waals surface area contributed by atoms with E-state index in [-0.39, 0.29) is 22.7 Å². The van der Waals surface area contributed by atoms with Crippen LogP contribution in [0.3, 0.4) is 0 Å². The summed E-state index contributed by atoms with van der Waals surface area (Å²) < 4.78 is 31.7. The fourth-order valence-electron chi connectivity index (χ4n) is 2.65. The van der Waals surface area contributed by atoms with Crippen LogP contribution in [-0.4, -0.2) is 44.3 Å². The van der Waals surface area contributed by atoms with E-state index < -0.39 is 10.0 Å². The fraction of sp³-hybridized carbons (Fsp3) is 0.500. The van der Waals surface area contributed by atoms with Gasteiger partial charge < -0.3 is 10.1 Å². The molecule has 1 saturated heterocycles. The van der Waals surface area contributed by atoms with E-state index in [1.807, 2.05) is 0 Å². The molecule has 8 heteroatoms. The van der Waals surface area contributed by atoms with Crippen LogP contribution in [-0.2, 0) is 24.3 Å². The Hall–Kier alpha value is -1.93. The molecule has 7 nitrogen and oxygen atoms in total. The van der Waals surface area contributed by atoms with E-state index in [0.29, 0.717) is 38.2 Å². The summed E-state index contributed by atoms with van der Waals surface area (Å²) in [7, 11) is -3.60. The lowest BCUT2D eigenvalue weighted by Crippen LogP contribution is -2.40. The highest BCUT2D eigenvalue weighted by Crippen LogP contribution is 2.25. The Bertz CT molecular complexity index is 692. The topological polar surface area (TPSA) is 92.8 Å². The number of sulfonamides is 1. The SMILES string of the molecule is CCOC(=O)C1CCN(S(=O)(=O)c2ccc(NC(C)=O)cc2)CC1. The number of benzene rings is 1. The molecule has 0 aromatic heterocycles. The van der Waals surface area contributed by atoms with Crippen LogP contribution in [0.1, 0.15) is 26.7 Å². The number of carbonyl (C=O) groups is 2. The molecule has 1 aromatic carbocycles. The average Bonchev–Trinajstić information content (AvgIpc) is 2.55. The Morgan fingerprint density at radius 2 is 1.79 bits per heavy atom. The van der Waals surface area contributed by atoms with Gasteiger partial charge in [-0.15, -0.1) is 0 Å². The average molecular weight is 354 g/mol. The minimum Gasteiger partial charge on any atom is -0.466 e. The second kappa shape index (κ2) is 7.76. The van der Waals surface area contributed by atoms with Crippen molar-refractivity contribution < 1.29 is 22.7 Å². The van der Waals surface area contributed by atoms with E-state index in [0.717, 1.165) is 0 Å². The smallest absolute Gasteiger partial charge is 0.309 e. The zero-order valence-electron chi connectivity index (χ0n) is 13.8. The molecular weight excluding hydrogens is 332 g/mol. The van der Waals surface area contributed by atoms with Crippen molar-refractivity contribution in [3.05, 3.63) is 24.3 Å². The molecule has 24 heavy (non-hydrogen) atoms. The zero-order chi connectivity index (χ0) is 17.7. The molecule has 0 unspecified atom stereocenters. The molecule has 0 aliphatic carbocycles. The number of nitrogens with zero attached hydrogens (tertiary/aromatic N) is 1. The van der Waals surface area contributed by atoms with Crippen molar-refractivity contribution >= 4 is 27.6 Å². The van der Waals surface area contributed by atoms with Gasteiger partial charge in [-0.25, -0.2) is 8.42 Å². The van der Waals surface area contributed by atoms with E-state index in [2.05, 4.69) is 5.32 Å². The summed E-state index contributed by atoms with van der Waals surface area (Å²) in [5, 5.41) is 2.59. The van der Waals surface area contributed by atoms with Crippen molar-refractivity contribution in [3.8, 4) is 0 Å². The van der Waals surface area contributed by atoms with Gasteiger partial charge in [-0.2, -0.15) is 4.31 Å². The molecule has 0 radical (unpaired) electrons. The lowest BCUT2D eigenvalue weighted by Gasteiger charge is -2.30. The van der Waals surface area contributed by atoms with Crippen LogP contribution >= 0.6 is 0 Å². The minimum atomic E-state index is -3.60. The maximum Gasteiger partial charge on any atom is 0.309 e. The third kappa shape index (κ3) is 4.33. The van der Waals surface area contributed by atoms with Crippen molar-refractivity contribution in [2.45, 2.75) is 31.6 Å². The quantitative estimate of drug-likeness (QED) is 0.811. The van der Waals surface area contributed by atoms with Gasteiger partial charge in [0.2, 0.25) is 15.9 Å². The van der Waals surface area contributed by atoms with Crippen molar-refractivity contribution in [3.63, 3.8) is 0 Å². The number of rotatable bonds is 5. The Kier molecular flexibility index (Phi) is 5.95. The van der Waals surface area contributed by atoms with Crippen LogP contribution in [0.4, 0.5) is 5.69 Å². The highest BCUT2D eigenvalue weighted by molar-refractivity contribution is 7.89. The van der Waals surface area contributed by atoms with Crippen LogP contribution in [0.2, 0.25) is 0 Å². The lowest BCUT2D eigenvalue weighted by molar-refractivity contribution is -0.149. The number of esters is 1. The first-order valence-electron chi connectivity index (χ1n) is 7.89. The second-order valence-corrected chi connectivity index (χ2v) is 7.57. The van der Waals surface area contributed by atoms with Gasteiger partial charge in [-0.1, -0.05) is 0 Å². The monoisotopic (exact) mass is 354 g/mol. The molecule has 132 valence electrons. The number of hydrogen-bond acceptors (Lipinski definition) is 5. The number of hydrogen-bond donors (Lipinski definition) is 1. The summed E-state index contributed by atoms with van der Waals surface area (Å²) >= 11 is 0. The Morgan fingerprint density at radius 3 is 2.29 bits per heavy atom. The van der Waals surface area contributed by atoms with Gasteiger partial charge in [0.05, 0.1) is 17.4 Å². The third-order valence-corrected chi connectivity index (χ3v) is 5.80. The highest BCUT2D eigenvalue weighted by Gasteiger charge is 2.32. The predicted molar refractivity (Wildman–Crippen MR) is 88.9 cm³/mol. The second-order valence-electron chi connectivity index (χ2n) is 5.64. The number of carbonyl (C=O) groups excluding carboxylic acids is 2. The minimum absolute atomic E-state index is 0.172. The lowest BCUT2D eigenvalue weighted by atomic mass is 9.98. The summed E-state index contributed by atoms with van der Waals surface area (Å²) in [5.41, 5.74) is 0.544. The highest BCUT2D eigenvalue weighted by atomic mass is 32.2. The molecule has 1 amide bonds. The first-order valence-corrected chi connectivity index (χ1v) is 9.33. The molecule has 0 spiro atoms. The van der Waals surface area contributed by atoms with E-state index in [9.17, 15) is 18.0 Å². The summed E-state index contributed by atoms with van der Waals surface area (Å²) in [6.07, 6.45) is 0.921. The summed E-state index contributed by atoms with van der Waals surface area (Å²) in [5.74, 6) is -0.709. The number of anilines is 1. The molecular formula is C16H22N2O5S. The third-order valence-electron chi connectivity index (χ3n) is 3.89. The Balaban J connectivity index is 2.03. The molecule has 1 fully saturated rings. The Morgan fingerprint density at radius 1 is 1.21 bits per heavy atom. The number of ether oxygens (including phenoxy) is 1. The van der Waals surface area contributed by atoms with Gasteiger partial charge in [0, 0.05) is 25.7 Å². The van der Waals surface area contributed by atoms with Crippen molar-refractivity contribution in [1.82, 2.24) is 4.31 Å². The van der Waals surface area contributed by atoms with Gasteiger partial charge in [0.25, 0.3) is 0 Å². The fourth-order valence-corrected chi connectivity index (χ4v) is 4.12. The molecule has 1 aromatic rings. The van der Waals surface area contributed by atoms with E-state index in [4.69, 9.17) is 4.74 Å². The van der Waals surface area contributed by atoms with E-state index in [1.165, 1.54) is 23.4 Å². The standard InChI is InChI=1S/C16H22N2O5S/c1-3-23-16(20)13-8-10-18(11-9-13)24(21,22)15-6-4-14(5-7-15)17-12(2)19/h4-7,13H,3,8-11H2,1-2H3,(H,17,19). The molecule has 2 rings (SSSR count). The molecule has 0 bridgehead atoms. The molecule has 0 saturated carbocycles. The van der Waals surface area contributed by atoms with Crippen LogP contribution in [0.15, 0.2) is 29.2 Å². The van der Waals surface area contributed by atoms with Gasteiger partial charge in [-0.3, -0.25) is 9.59 Å². The maximum atomic E-state index is 12.6. The first-order chi connectivity index (χ1) is 11.3. The number of nitrogens with one attached hydrogen (secondary N) is 1. The number of amides is 1. The molecule has 0 atom stereocenters. The van der Waals surface area contributed by atoms with Gasteiger partial charge in [-0.05, 0) is 44.0 Å². The number of piperidine rings is 1. The van der Waals surface area contributed by atoms with Crippen molar-refractivity contribution in [1.29, 1.82) is 0 Å². The molecule has 1 aliphatic heterocycles. The predicted octanol–water partition coefficient (Wildman–Crippen LogP) is 1.61. The Labute approximate surface area is 142 Å². The van der Waals surface area contributed by atoms with Crippen LogP contribution in [0, 0.1) is 5.92 Å². The summed E-state index contributed by atoms with van der Waals surface area (Å²) in [6.45, 7) is 4.05. The van der Waals surface area contributed by atoms with Crippen LogP contribution in [0.25, 0.3) is 0 Å². The van der Waals surface area contributed by atoms with E-state index in [1.54, 1.807) is 19.1 Å². The first kappa shape index (κ1) is 18.4. The van der Waals surface area contributed by atoms with Gasteiger partial charge in [0.1, 0.15) is 0 Å². The van der Waals surface area contributed by atoms with Crippen molar-refractivity contribution in [2.24, 2.45) is 5.92 Å². The molecule has 1 aliphatic rings. The van der Waals surface area contributed by atoms with Gasteiger partial charge >= 0.3 is 5.97 Å². The normalized spacial score (nSPS) is 16.6. The molecule has 1 heterocycles. The van der Waals surface area contributed by atoms with Crippen LogP contribution < -0.4 is 5.32 Å². The van der Waals surface area contributed by atoms with Crippen molar-refractivity contribution in [2.75, 3.05) is 25.0 Å². The largest absolute Gasteiger partial charge is 0.466 e. The zero-order valence-corrected chi connectivity index (χ0v) is 14.6. The molecule has 1 N–H and O–H groups in total. The van der Waals surface area contributed by atoms with Gasteiger partial charge in [0.15, 0.2) is 0 Å². The van der Waals surface area contributed by atoms with Crippen LogP contribution in [0.5, 0.6) is 0 Å². The summed E-state index contributed by atoms with van der Waals surface area (Å²) in [6, 6.07) is 6.05. The maximum absolute atomic E-state index is 12.6.